The van der Waals surface area contributed by atoms with E-state index in [0.717, 1.165) is 16.7 Å². The Morgan fingerprint density at radius 3 is 1.73 bits per heavy atom. The molecule has 2 heteroatoms. The molecule has 2 aromatic carbocycles. The second kappa shape index (κ2) is 4.24. The predicted molar refractivity (Wildman–Crippen MR) is 66.3 cm³/mol. The number of phenols is 1. The molecule has 0 aliphatic carbocycles. The van der Waals surface area contributed by atoms with Crippen molar-refractivity contribution < 1.29 is 5.11 Å². The van der Waals surface area contributed by atoms with Crippen molar-refractivity contribution in [1.29, 1.82) is 0 Å². The molecule has 0 saturated heterocycles. The number of rotatable bonds is 2. The first-order valence-electron chi connectivity index (χ1n) is 4.64. The molecule has 0 amide bonds. The van der Waals surface area contributed by atoms with Crippen LogP contribution in [0, 0.1) is 0 Å². The highest BCUT2D eigenvalue weighted by Gasteiger charge is 1.96. The third-order valence-corrected chi connectivity index (χ3v) is 2.52. The zero-order chi connectivity index (χ0) is 10.7. The van der Waals surface area contributed by atoms with E-state index in [1.54, 1.807) is 17.5 Å². The molecule has 0 aromatic heterocycles. The van der Waals surface area contributed by atoms with Gasteiger partial charge in [0.1, 0.15) is 5.75 Å². The first-order valence-corrected chi connectivity index (χ1v) is 5.11. The third kappa shape index (κ3) is 2.22. The quantitative estimate of drug-likeness (QED) is 0.773. The van der Waals surface area contributed by atoms with Gasteiger partial charge in [0, 0.05) is 5.37 Å². The summed E-state index contributed by atoms with van der Waals surface area (Å²) in [5.41, 5.74) is 3.24. The fourth-order valence-electron chi connectivity index (χ4n) is 1.41. The van der Waals surface area contributed by atoms with E-state index in [9.17, 15) is 0 Å². The van der Waals surface area contributed by atoms with Crippen molar-refractivity contribution in [2.75, 3.05) is 0 Å². The molecule has 0 radical (unpaired) electrons. The van der Waals surface area contributed by atoms with Crippen LogP contribution in [0.1, 0.15) is 5.56 Å². The Labute approximate surface area is 94.0 Å². The van der Waals surface area contributed by atoms with Gasteiger partial charge in [0.25, 0.3) is 0 Å². The lowest BCUT2D eigenvalue weighted by Crippen LogP contribution is -1.80. The number of aromatic hydroxyl groups is 1. The van der Waals surface area contributed by atoms with Gasteiger partial charge in [0.05, 0.1) is 0 Å². The number of phenolic OH excluding ortho intramolecular Hbond substituents is 1. The Balaban J connectivity index is 2.37. The summed E-state index contributed by atoms with van der Waals surface area (Å²) in [6.07, 6.45) is 0. The maximum absolute atomic E-state index is 9.17. The molecule has 2 aromatic rings. The molecule has 74 valence electrons. The maximum Gasteiger partial charge on any atom is 0.115 e. The summed E-state index contributed by atoms with van der Waals surface area (Å²) >= 11 is 4.84. The Kier molecular flexibility index (Phi) is 2.79. The molecule has 1 N–H and O–H groups in total. The smallest absolute Gasteiger partial charge is 0.115 e. The van der Waals surface area contributed by atoms with E-state index in [4.69, 9.17) is 17.3 Å². The standard InChI is InChI=1S/C13H10OS/c14-13-7-5-12(6-8-13)11-3-1-10(9-15)2-4-11/h1-9,14H. The minimum absolute atomic E-state index is 0.286. The Hall–Kier alpha value is -1.67. The third-order valence-electron chi connectivity index (χ3n) is 2.25. The molecule has 0 bridgehead atoms. The largest absolute Gasteiger partial charge is 0.508 e. The lowest BCUT2D eigenvalue weighted by atomic mass is 10.0. The van der Waals surface area contributed by atoms with Crippen LogP contribution in [0.5, 0.6) is 5.75 Å². The summed E-state index contributed by atoms with van der Waals surface area (Å²) in [5.74, 6) is 0.286. The molecule has 15 heavy (non-hydrogen) atoms. The van der Waals surface area contributed by atoms with Crippen LogP contribution in [0.15, 0.2) is 48.5 Å². The molecule has 0 aliphatic heterocycles. The summed E-state index contributed by atoms with van der Waals surface area (Å²) in [4.78, 5) is 0. The van der Waals surface area contributed by atoms with Crippen molar-refractivity contribution in [2.45, 2.75) is 0 Å². The second-order valence-corrected chi connectivity index (χ2v) is 3.52. The number of benzene rings is 2. The van der Waals surface area contributed by atoms with Crippen LogP contribution in [0.3, 0.4) is 0 Å². The van der Waals surface area contributed by atoms with Crippen molar-refractivity contribution in [2.24, 2.45) is 0 Å². The van der Waals surface area contributed by atoms with E-state index in [0.29, 0.717) is 0 Å². The van der Waals surface area contributed by atoms with Gasteiger partial charge in [-0.1, -0.05) is 48.6 Å². The molecular formula is C13H10OS. The lowest BCUT2D eigenvalue weighted by molar-refractivity contribution is 0.475. The summed E-state index contributed by atoms with van der Waals surface area (Å²) in [6.45, 7) is 0. The Morgan fingerprint density at radius 1 is 0.800 bits per heavy atom. The molecule has 0 spiro atoms. The lowest BCUT2D eigenvalue weighted by Gasteiger charge is -2.02. The van der Waals surface area contributed by atoms with Gasteiger partial charge in [-0.05, 0) is 28.8 Å². The van der Waals surface area contributed by atoms with E-state index >= 15 is 0 Å². The molecule has 0 atom stereocenters. The molecule has 0 saturated carbocycles. The van der Waals surface area contributed by atoms with Crippen LogP contribution >= 0.6 is 12.2 Å². The highest BCUT2D eigenvalue weighted by Crippen LogP contribution is 2.21. The molecule has 0 aliphatic rings. The summed E-state index contributed by atoms with van der Waals surface area (Å²) in [5, 5.41) is 10.8. The monoisotopic (exact) mass is 214 g/mol. The zero-order valence-electron chi connectivity index (χ0n) is 8.05. The average molecular weight is 214 g/mol. The van der Waals surface area contributed by atoms with Crippen LogP contribution in [0.4, 0.5) is 0 Å². The summed E-state index contributed by atoms with van der Waals surface area (Å²) in [7, 11) is 0. The van der Waals surface area contributed by atoms with Crippen LogP contribution in [-0.2, 0) is 0 Å². The van der Waals surface area contributed by atoms with E-state index in [1.807, 2.05) is 36.4 Å². The maximum atomic E-state index is 9.17. The van der Waals surface area contributed by atoms with Gasteiger partial charge in [-0.15, -0.1) is 0 Å². The van der Waals surface area contributed by atoms with Gasteiger partial charge in [0.2, 0.25) is 0 Å². The minimum Gasteiger partial charge on any atom is -0.508 e. The van der Waals surface area contributed by atoms with Crippen molar-refractivity contribution in [3.63, 3.8) is 0 Å². The van der Waals surface area contributed by atoms with Gasteiger partial charge in [-0.2, -0.15) is 0 Å². The number of hydrogen-bond donors (Lipinski definition) is 1. The van der Waals surface area contributed by atoms with E-state index in [2.05, 4.69) is 0 Å². The molecule has 0 unspecified atom stereocenters. The van der Waals surface area contributed by atoms with E-state index in [-0.39, 0.29) is 5.75 Å². The number of thiocarbonyl (C=S) groups is 1. The molecule has 0 heterocycles. The van der Waals surface area contributed by atoms with E-state index < -0.39 is 0 Å². The van der Waals surface area contributed by atoms with E-state index in [1.165, 1.54) is 0 Å². The van der Waals surface area contributed by atoms with Crippen LogP contribution in [-0.4, -0.2) is 10.5 Å². The average Bonchev–Trinajstić information content (AvgIpc) is 2.30. The zero-order valence-corrected chi connectivity index (χ0v) is 8.87. The second-order valence-electron chi connectivity index (χ2n) is 3.29. The van der Waals surface area contributed by atoms with Crippen molar-refractivity contribution >= 4 is 17.6 Å². The van der Waals surface area contributed by atoms with Gasteiger partial charge >= 0.3 is 0 Å². The molecule has 2 rings (SSSR count). The number of hydrogen-bond acceptors (Lipinski definition) is 2. The molecule has 0 fully saturated rings. The van der Waals surface area contributed by atoms with Gasteiger partial charge in [-0.25, -0.2) is 0 Å². The van der Waals surface area contributed by atoms with Gasteiger partial charge in [-0.3, -0.25) is 0 Å². The van der Waals surface area contributed by atoms with Gasteiger partial charge in [0.15, 0.2) is 0 Å². The Bertz CT molecular complexity index is 457. The first-order chi connectivity index (χ1) is 7.29. The topological polar surface area (TPSA) is 20.2 Å². The fourth-order valence-corrected chi connectivity index (χ4v) is 1.57. The fraction of sp³-hybridized carbons (Fsp3) is 0. The minimum atomic E-state index is 0.286. The van der Waals surface area contributed by atoms with Crippen LogP contribution < -0.4 is 0 Å². The highest BCUT2D eigenvalue weighted by molar-refractivity contribution is 7.79. The van der Waals surface area contributed by atoms with Gasteiger partial charge < -0.3 is 5.11 Å². The van der Waals surface area contributed by atoms with Crippen LogP contribution in [0.2, 0.25) is 0 Å². The molecule has 1 nitrogen and oxygen atoms in total. The molecular weight excluding hydrogens is 204 g/mol. The highest BCUT2D eigenvalue weighted by atomic mass is 32.1. The predicted octanol–water partition coefficient (Wildman–Crippen LogP) is 3.41. The first kappa shape index (κ1) is 9.87. The SMILES string of the molecule is Oc1ccc(-c2ccc(C=S)cc2)cc1. The van der Waals surface area contributed by atoms with Crippen molar-refractivity contribution in [3.8, 4) is 16.9 Å². The van der Waals surface area contributed by atoms with Crippen LogP contribution in [0.25, 0.3) is 11.1 Å². The normalized spacial score (nSPS) is 9.87. The summed E-state index contributed by atoms with van der Waals surface area (Å²) < 4.78 is 0. The summed E-state index contributed by atoms with van der Waals surface area (Å²) in [6, 6.07) is 15.1. The Morgan fingerprint density at radius 2 is 1.27 bits per heavy atom. The van der Waals surface area contributed by atoms with Crippen molar-refractivity contribution in [1.82, 2.24) is 0 Å². The van der Waals surface area contributed by atoms with Crippen molar-refractivity contribution in [3.05, 3.63) is 54.1 Å².